The summed E-state index contributed by atoms with van der Waals surface area (Å²) in [6, 6.07) is 30.8. The molecule has 2 atom stereocenters. The predicted molar refractivity (Wildman–Crippen MR) is 121 cm³/mol. The zero-order chi connectivity index (χ0) is 19.0. The van der Waals surface area contributed by atoms with Gasteiger partial charge in [-0.05, 0) is 59.6 Å². The van der Waals surface area contributed by atoms with Crippen LogP contribution < -0.4 is 0 Å². The van der Waals surface area contributed by atoms with Crippen LogP contribution in [0.4, 0.5) is 0 Å². The standard InChI is InChI=1S/C27H23Br/c28-23-16-14-22(15-17-23)27-18-8-7-13-24(25(27)19-27)26(20-9-3-1-4-10-20)21-11-5-2-6-12-21/h1-12,14-17,25H,13,18-19H2/t25-,27+/m1/s1. The van der Waals surface area contributed by atoms with Crippen LogP contribution in [-0.4, -0.2) is 0 Å². The maximum absolute atomic E-state index is 3.59. The molecule has 28 heavy (non-hydrogen) atoms. The third kappa shape index (κ3) is 3.08. The van der Waals surface area contributed by atoms with Gasteiger partial charge in [0.1, 0.15) is 0 Å². The molecule has 0 unspecified atom stereocenters. The van der Waals surface area contributed by atoms with E-state index >= 15 is 0 Å². The number of hydrogen-bond donors (Lipinski definition) is 0. The molecule has 1 fully saturated rings. The Morgan fingerprint density at radius 1 is 0.750 bits per heavy atom. The Kier molecular flexibility index (Phi) is 4.56. The minimum Gasteiger partial charge on any atom is -0.0873 e. The van der Waals surface area contributed by atoms with Crippen molar-refractivity contribution in [2.75, 3.05) is 0 Å². The molecule has 0 saturated heterocycles. The van der Waals surface area contributed by atoms with Gasteiger partial charge in [0.05, 0.1) is 0 Å². The highest BCUT2D eigenvalue weighted by Crippen LogP contribution is 2.63. The van der Waals surface area contributed by atoms with E-state index in [9.17, 15) is 0 Å². The molecule has 0 nitrogen and oxygen atoms in total. The number of fused-ring (bicyclic) bond motifs is 1. The molecule has 138 valence electrons. The van der Waals surface area contributed by atoms with E-state index in [-0.39, 0.29) is 5.41 Å². The molecule has 0 radical (unpaired) electrons. The van der Waals surface area contributed by atoms with Gasteiger partial charge in [0.25, 0.3) is 0 Å². The summed E-state index contributed by atoms with van der Waals surface area (Å²) in [5, 5.41) is 0. The quantitative estimate of drug-likeness (QED) is 0.379. The highest BCUT2D eigenvalue weighted by atomic mass is 79.9. The van der Waals surface area contributed by atoms with Gasteiger partial charge in [0, 0.05) is 9.89 Å². The lowest BCUT2D eigenvalue weighted by Crippen LogP contribution is -2.10. The van der Waals surface area contributed by atoms with E-state index in [1.807, 2.05) is 0 Å². The first-order valence-electron chi connectivity index (χ1n) is 10.0. The first-order valence-corrected chi connectivity index (χ1v) is 10.8. The van der Waals surface area contributed by atoms with Crippen LogP contribution in [0, 0.1) is 5.92 Å². The molecule has 3 aromatic rings. The van der Waals surface area contributed by atoms with Crippen LogP contribution in [0.3, 0.4) is 0 Å². The molecule has 0 bridgehead atoms. The van der Waals surface area contributed by atoms with Crippen molar-refractivity contribution in [1.82, 2.24) is 0 Å². The second-order valence-corrected chi connectivity index (χ2v) is 8.85. The van der Waals surface area contributed by atoms with Crippen molar-refractivity contribution in [3.05, 3.63) is 124 Å². The predicted octanol–water partition coefficient (Wildman–Crippen LogP) is 7.56. The molecule has 0 heterocycles. The summed E-state index contributed by atoms with van der Waals surface area (Å²) in [7, 11) is 0. The van der Waals surface area contributed by atoms with Gasteiger partial charge in [0.2, 0.25) is 0 Å². The lowest BCUT2D eigenvalue weighted by Gasteiger charge is -2.19. The van der Waals surface area contributed by atoms with Crippen LogP contribution in [0.25, 0.3) is 5.57 Å². The molecule has 0 N–H and O–H groups in total. The number of hydrogen-bond acceptors (Lipinski definition) is 0. The zero-order valence-electron chi connectivity index (χ0n) is 15.8. The number of rotatable bonds is 3. The summed E-state index contributed by atoms with van der Waals surface area (Å²) < 4.78 is 1.15. The van der Waals surface area contributed by atoms with Gasteiger partial charge in [-0.15, -0.1) is 0 Å². The van der Waals surface area contributed by atoms with Gasteiger partial charge >= 0.3 is 0 Å². The van der Waals surface area contributed by atoms with Crippen molar-refractivity contribution in [3.63, 3.8) is 0 Å². The van der Waals surface area contributed by atoms with Gasteiger partial charge in [-0.1, -0.05) is 106 Å². The number of halogens is 1. The zero-order valence-corrected chi connectivity index (χ0v) is 17.4. The molecule has 0 aromatic heterocycles. The summed E-state index contributed by atoms with van der Waals surface area (Å²) in [4.78, 5) is 0. The Morgan fingerprint density at radius 2 is 1.36 bits per heavy atom. The molecular formula is C27H23Br. The Morgan fingerprint density at radius 3 is 1.96 bits per heavy atom. The maximum Gasteiger partial charge on any atom is 0.0175 e. The molecule has 1 saturated carbocycles. The lowest BCUT2D eigenvalue weighted by atomic mass is 9.84. The fraction of sp³-hybridized carbons (Fsp3) is 0.185. The Hall–Kier alpha value is -2.38. The lowest BCUT2D eigenvalue weighted by molar-refractivity contribution is 0.657. The fourth-order valence-corrected chi connectivity index (χ4v) is 5.14. The minimum atomic E-state index is 0.262. The van der Waals surface area contributed by atoms with E-state index in [1.165, 1.54) is 28.7 Å². The molecule has 0 amide bonds. The van der Waals surface area contributed by atoms with E-state index in [4.69, 9.17) is 0 Å². The van der Waals surface area contributed by atoms with Crippen molar-refractivity contribution in [1.29, 1.82) is 0 Å². The smallest absolute Gasteiger partial charge is 0.0175 e. The molecule has 3 aromatic carbocycles. The van der Waals surface area contributed by atoms with E-state index < -0.39 is 0 Å². The van der Waals surface area contributed by atoms with Gasteiger partial charge < -0.3 is 0 Å². The Balaban J connectivity index is 1.67. The second kappa shape index (κ2) is 7.22. The largest absolute Gasteiger partial charge is 0.0873 e. The summed E-state index contributed by atoms with van der Waals surface area (Å²) in [6.45, 7) is 0. The Labute approximate surface area is 175 Å². The summed E-state index contributed by atoms with van der Waals surface area (Å²) >= 11 is 3.59. The number of allylic oxidation sites excluding steroid dienone is 3. The van der Waals surface area contributed by atoms with Gasteiger partial charge in [0.15, 0.2) is 0 Å². The second-order valence-electron chi connectivity index (χ2n) is 7.93. The third-order valence-electron chi connectivity index (χ3n) is 6.35. The fourth-order valence-electron chi connectivity index (χ4n) is 4.88. The van der Waals surface area contributed by atoms with Gasteiger partial charge in [-0.2, -0.15) is 0 Å². The van der Waals surface area contributed by atoms with E-state index in [0.29, 0.717) is 5.92 Å². The molecule has 0 spiro atoms. The van der Waals surface area contributed by atoms with Crippen molar-refractivity contribution in [2.45, 2.75) is 24.7 Å². The topological polar surface area (TPSA) is 0 Å². The van der Waals surface area contributed by atoms with E-state index in [1.54, 1.807) is 5.57 Å². The highest BCUT2D eigenvalue weighted by molar-refractivity contribution is 9.10. The van der Waals surface area contributed by atoms with Crippen molar-refractivity contribution in [2.24, 2.45) is 5.92 Å². The average molecular weight is 427 g/mol. The first kappa shape index (κ1) is 17.7. The SMILES string of the molecule is Brc1ccc([C@@]23CC=CCC(=C(c4ccccc4)c4ccccc4)[C@H]2C3)cc1. The normalized spacial score (nSPS) is 23.0. The van der Waals surface area contributed by atoms with E-state index in [0.717, 1.165) is 17.3 Å². The van der Waals surface area contributed by atoms with Crippen LogP contribution in [-0.2, 0) is 5.41 Å². The van der Waals surface area contributed by atoms with Crippen LogP contribution >= 0.6 is 15.9 Å². The van der Waals surface area contributed by atoms with Crippen molar-refractivity contribution >= 4 is 21.5 Å². The van der Waals surface area contributed by atoms with Crippen molar-refractivity contribution < 1.29 is 0 Å². The van der Waals surface area contributed by atoms with Crippen LogP contribution in [0.2, 0.25) is 0 Å². The molecule has 0 aliphatic heterocycles. The molecule has 2 aliphatic carbocycles. The summed E-state index contributed by atoms with van der Waals surface area (Å²) in [5.41, 5.74) is 7.42. The Bertz CT molecular complexity index is 987. The average Bonchev–Trinajstić information content (AvgIpc) is 3.49. The third-order valence-corrected chi connectivity index (χ3v) is 6.88. The van der Waals surface area contributed by atoms with Crippen LogP contribution in [0.5, 0.6) is 0 Å². The molecule has 5 rings (SSSR count). The highest BCUT2D eigenvalue weighted by Gasteiger charge is 2.56. The van der Waals surface area contributed by atoms with Crippen molar-refractivity contribution in [3.8, 4) is 0 Å². The molecule has 2 aliphatic rings. The molecular weight excluding hydrogens is 404 g/mol. The summed E-state index contributed by atoms with van der Waals surface area (Å²) in [6.07, 6.45) is 8.22. The van der Waals surface area contributed by atoms with Gasteiger partial charge in [-0.25, -0.2) is 0 Å². The van der Waals surface area contributed by atoms with E-state index in [2.05, 4.69) is 113 Å². The number of benzene rings is 3. The van der Waals surface area contributed by atoms with Crippen LogP contribution in [0.1, 0.15) is 36.0 Å². The molecule has 1 heteroatoms. The van der Waals surface area contributed by atoms with Crippen LogP contribution in [0.15, 0.2) is 107 Å². The first-order chi connectivity index (χ1) is 13.8. The summed E-state index contributed by atoms with van der Waals surface area (Å²) in [5.74, 6) is 0.610. The van der Waals surface area contributed by atoms with Gasteiger partial charge in [-0.3, -0.25) is 0 Å². The monoisotopic (exact) mass is 426 g/mol. The maximum atomic E-state index is 3.59. The minimum absolute atomic E-state index is 0.262.